The van der Waals surface area contributed by atoms with Crippen molar-refractivity contribution in [2.24, 2.45) is 0 Å². The van der Waals surface area contributed by atoms with Crippen LogP contribution >= 0.6 is 15.9 Å². The Morgan fingerprint density at radius 2 is 1.82 bits per heavy atom. The number of halogens is 4. The van der Waals surface area contributed by atoms with Gasteiger partial charge in [-0.15, -0.1) is 0 Å². The molecule has 94 valence electrons. The molecule has 0 saturated heterocycles. The minimum Gasteiger partial charge on any atom is -0.166 e. The molecule has 0 radical (unpaired) electrons. The van der Waals surface area contributed by atoms with Crippen LogP contribution < -0.4 is 0 Å². The van der Waals surface area contributed by atoms with Gasteiger partial charge in [-0.1, -0.05) is 39.7 Å². The first kappa shape index (κ1) is 14.3. The fourth-order valence-corrected chi connectivity index (χ4v) is 1.74. The second-order valence-corrected chi connectivity index (χ2v) is 4.69. The van der Waals surface area contributed by atoms with E-state index in [-0.39, 0.29) is 0 Å². The molecule has 0 aliphatic carbocycles. The lowest BCUT2D eigenvalue weighted by molar-refractivity contribution is -0.137. The number of rotatable bonds is 4. The van der Waals surface area contributed by atoms with Crippen LogP contribution in [-0.4, -0.2) is 5.33 Å². The molecular formula is C13H14BrF3. The van der Waals surface area contributed by atoms with E-state index < -0.39 is 11.7 Å². The van der Waals surface area contributed by atoms with E-state index in [0.717, 1.165) is 29.4 Å². The number of alkyl halides is 4. The Morgan fingerprint density at radius 1 is 1.24 bits per heavy atom. The summed E-state index contributed by atoms with van der Waals surface area (Å²) in [6.07, 6.45) is -0.524. The van der Waals surface area contributed by atoms with Crippen LogP contribution in [0, 0.1) is 0 Å². The standard InChI is InChI=1S/C13H14BrF3/c1-10(3-2-8-14)9-11-4-6-12(7-5-11)13(15,16)17/h3-7H,2,8-9H2,1H3. The molecule has 1 rings (SSSR count). The molecular weight excluding hydrogens is 293 g/mol. The van der Waals surface area contributed by atoms with Gasteiger partial charge in [0.15, 0.2) is 0 Å². The molecule has 0 spiro atoms. The van der Waals surface area contributed by atoms with Gasteiger partial charge in [0.1, 0.15) is 0 Å². The number of benzene rings is 1. The number of hydrogen-bond acceptors (Lipinski definition) is 0. The van der Waals surface area contributed by atoms with E-state index in [9.17, 15) is 13.2 Å². The van der Waals surface area contributed by atoms with Crippen LogP contribution in [0.3, 0.4) is 0 Å². The summed E-state index contributed by atoms with van der Waals surface area (Å²) in [5, 5.41) is 0.900. The normalized spacial score (nSPS) is 12.9. The predicted molar refractivity (Wildman–Crippen MR) is 67.3 cm³/mol. The van der Waals surface area contributed by atoms with Gasteiger partial charge in [-0.25, -0.2) is 0 Å². The third-order valence-corrected chi connectivity index (χ3v) is 2.82. The van der Waals surface area contributed by atoms with Crippen molar-refractivity contribution in [1.29, 1.82) is 0 Å². The summed E-state index contributed by atoms with van der Waals surface area (Å²) in [5.41, 5.74) is 1.48. The average Bonchev–Trinajstić information content (AvgIpc) is 2.26. The fraction of sp³-hybridized carbons (Fsp3) is 0.385. The Bertz CT molecular complexity index is 377. The molecule has 0 aromatic heterocycles. The maximum atomic E-state index is 12.3. The van der Waals surface area contributed by atoms with Crippen LogP contribution in [0.1, 0.15) is 24.5 Å². The molecule has 0 amide bonds. The molecule has 0 aliphatic rings. The minimum atomic E-state index is -4.25. The van der Waals surface area contributed by atoms with Crippen molar-refractivity contribution in [2.45, 2.75) is 25.9 Å². The van der Waals surface area contributed by atoms with E-state index in [0.29, 0.717) is 6.42 Å². The van der Waals surface area contributed by atoms with Crippen molar-refractivity contribution >= 4 is 15.9 Å². The molecule has 0 unspecified atom stereocenters. The maximum absolute atomic E-state index is 12.3. The van der Waals surface area contributed by atoms with E-state index >= 15 is 0 Å². The van der Waals surface area contributed by atoms with Crippen LogP contribution in [-0.2, 0) is 12.6 Å². The van der Waals surface area contributed by atoms with Crippen molar-refractivity contribution in [3.05, 3.63) is 47.0 Å². The quantitative estimate of drug-likeness (QED) is 0.543. The molecule has 0 fully saturated rings. The Labute approximate surface area is 108 Å². The fourth-order valence-electron chi connectivity index (χ4n) is 1.51. The molecule has 0 bridgehead atoms. The summed E-state index contributed by atoms with van der Waals surface area (Å²) in [7, 11) is 0. The Morgan fingerprint density at radius 3 is 2.29 bits per heavy atom. The molecule has 1 aromatic carbocycles. The third-order valence-electron chi connectivity index (χ3n) is 2.37. The topological polar surface area (TPSA) is 0 Å². The lowest BCUT2D eigenvalue weighted by Gasteiger charge is -2.07. The smallest absolute Gasteiger partial charge is 0.166 e. The zero-order chi connectivity index (χ0) is 12.9. The molecule has 0 aliphatic heterocycles. The van der Waals surface area contributed by atoms with Crippen LogP contribution in [0.2, 0.25) is 0 Å². The average molecular weight is 307 g/mol. The van der Waals surface area contributed by atoms with E-state index in [1.165, 1.54) is 17.7 Å². The summed E-state index contributed by atoms with van der Waals surface area (Å²) in [6, 6.07) is 5.34. The molecule has 0 N–H and O–H groups in total. The Balaban J connectivity index is 2.69. The largest absolute Gasteiger partial charge is 0.416 e. The van der Waals surface area contributed by atoms with Gasteiger partial charge < -0.3 is 0 Å². The van der Waals surface area contributed by atoms with Gasteiger partial charge >= 0.3 is 6.18 Å². The van der Waals surface area contributed by atoms with Crippen molar-refractivity contribution in [2.75, 3.05) is 5.33 Å². The molecule has 17 heavy (non-hydrogen) atoms. The summed E-state index contributed by atoms with van der Waals surface area (Å²) >= 11 is 3.33. The Hall–Kier alpha value is -0.770. The first-order valence-electron chi connectivity index (χ1n) is 5.31. The van der Waals surface area contributed by atoms with Crippen LogP contribution in [0.25, 0.3) is 0 Å². The van der Waals surface area contributed by atoms with Crippen LogP contribution in [0.4, 0.5) is 13.2 Å². The summed E-state index contributed by atoms with van der Waals surface area (Å²) in [4.78, 5) is 0. The predicted octanol–water partition coefficient (Wildman–Crippen LogP) is 4.98. The van der Waals surface area contributed by atoms with Crippen LogP contribution in [0.5, 0.6) is 0 Å². The van der Waals surface area contributed by atoms with E-state index in [4.69, 9.17) is 0 Å². The third kappa shape index (κ3) is 4.94. The maximum Gasteiger partial charge on any atom is 0.416 e. The summed E-state index contributed by atoms with van der Waals surface area (Å²) in [6.45, 7) is 1.99. The van der Waals surface area contributed by atoms with E-state index in [1.807, 2.05) is 6.92 Å². The number of allylic oxidation sites excluding steroid dienone is 2. The molecule has 4 heteroatoms. The first-order chi connectivity index (χ1) is 7.93. The second-order valence-electron chi connectivity index (χ2n) is 3.90. The van der Waals surface area contributed by atoms with Crippen molar-refractivity contribution < 1.29 is 13.2 Å². The lowest BCUT2D eigenvalue weighted by atomic mass is 10.0. The highest BCUT2D eigenvalue weighted by Gasteiger charge is 2.29. The van der Waals surface area contributed by atoms with Gasteiger partial charge in [0, 0.05) is 5.33 Å². The highest BCUT2D eigenvalue weighted by Crippen LogP contribution is 2.29. The first-order valence-corrected chi connectivity index (χ1v) is 6.43. The second kappa shape index (κ2) is 6.24. The monoisotopic (exact) mass is 306 g/mol. The zero-order valence-electron chi connectivity index (χ0n) is 9.52. The van der Waals surface area contributed by atoms with Gasteiger partial charge in [-0.3, -0.25) is 0 Å². The summed E-state index contributed by atoms with van der Waals surface area (Å²) in [5.74, 6) is 0. The SMILES string of the molecule is CC(=CCCBr)Cc1ccc(C(F)(F)F)cc1. The van der Waals surface area contributed by atoms with Crippen molar-refractivity contribution in [1.82, 2.24) is 0 Å². The van der Waals surface area contributed by atoms with E-state index in [2.05, 4.69) is 22.0 Å². The van der Waals surface area contributed by atoms with Gasteiger partial charge in [0.05, 0.1) is 5.56 Å². The zero-order valence-corrected chi connectivity index (χ0v) is 11.1. The molecule has 0 atom stereocenters. The summed E-state index contributed by atoms with van der Waals surface area (Å²) < 4.78 is 37.0. The highest BCUT2D eigenvalue weighted by molar-refractivity contribution is 9.09. The minimum absolute atomic E-state index is 0.594. The van der Waals surface area contributed by atoms with Crippen LogP contribution in [0.15, 0.2) is 35.9 Å². The van der Waals surface area contributed by atoms with Gasteiger partial charge in [0.2, 0.25) is 0 Å². The van der Waals surface area contributed by atoms with Crippen molar-refractivity contribution in [3.8, 4) is 0 Å². The lowest BCUT2D eigenvalue weighted by Crippen LogP contribution is -2.04. The highest BCUT2D eigenvalue weighted by atomic mass is 79.9. The molecule has 1 aromatic rings. The molecule has 0 heterocycles. The number of hydrogen-bond donors (Lipinski definition) is 0. The molecule has 0 nitrogen and oxygen atoms in total. The van der Waals surface area contributed by atoms with Gasteiger partial charge in [-0.2, -0.15) is 13.2 Å². The van der Waals surface area contributed by atoms with Gasteiger partial charge in [-0.05, 0) is 37.5 Å². The van der Waals surface area contributed by atoms with Crippen molar-refractivity contribution in [3.63, 3.8) is 0 Å². The molecule has 0 saturated carbocycles. The Kier molecular flexibility index (Phi) is 5.25. The van der Waals surface area contributed by atoms with E-state index in [1.54, 1.807) is 0 Å². The van der Waals surface area contributed by atoms with Gasteiger partial charge in [0.25, 0.3) is 0 Å².